The molecular formula is C44H33F3N6O9S. The largest absolute Gasteiger partial charge is 0.534 e. The third-order valence-corrected chi connectivity index (χ3v) is 12.9. The summed E-state index contributed by atoms with van der Waals surface area (Å²) in [5.74, 6) is -0.327. The van der Waals surface area contributed by atoms with Crippen LogP contribution in [0.15, 0.2) is 100 Å². The van der Waals surface area contributed by atoms with Crippen molar-refractivity contribution in [1.82, 2.24) is 25.6 Å². The zero-order chi connectivity index (χ0) is 43.6. The van der Waals surface area contributed by atoms with E-state index in [1.165, 1.54) is 18.5 Å². The lowest BCUT2D eigenvalue weighted by atomic mass is 9.72. The Kier molecular flexibility index (Phi) is 8.34. The highest BCUT2D eigenvalue weighted by atomic mass is 32.2. The molecule has 19 heteroatoms. The molecule has 0 aliphatic carbocycles. The third kappa shape index (κ3) is 5.82. The fraction of sp³-hybridized carbons (Fsp3) is 0.227. The van der Waals surface area contributed by atoms with Crippen LogP contribution < -0.4 is 24.9 Å². The summed E-state index contributed by atoms with van der Waals surface area (Å²) in [4.78, 5) is 40.2. The normalized spacial score (nSPS) is 20.5. The maximum absolute atomic E-state index is 14.3. The molecule has 63 heavy (non-hydrogen) atoms. The summed E-state index contributed by atoms with van der Waals surface area (Å²) in [5.41, 5.74) is -2.15. The molecule has 0 fully saturated rings. The Morgan fingerprint density at radius 2 is 1.81 bits per heavy atom. The van der Waals surface area contributed by atoms with Gasteiger partial charge in [-0.2, -0.15) is 21.6 Å². The molecule has 10 bridgehead atoms. The highest BCUT2D eigenvalue weighted by molar-refractivity contribution is 7.88. The number of aromatic amines is 1. The van der Waals surface area contributed by atoms with Crippen LogP contribution in [0.5, 0.6) is 11.5 Å². The first kappa shape index (κ1) is 38.6. The van der Waals surface area contributed by atoms with E-state index in [2.05, 4.69) is 25.9 Å². The fourth-order valence-electron chi connectivity index (χ4n) is 9.04. The third-order valence-electron chi connectivity index (χ3n) is 11.9. The van der Waals surface area contributed by atoms with Gasteiger partial charge in [0, 0.05) is 45.9 Å². The molecule has 3 aromatic heterocycles. The van der Waals surface area contributed by atoms with Crippen LogP contribution in [0.1, 0.15) is 53.8 Å². The molecule has 0 saturated carbocycles. The molecule has 4 aliphatic rings. The number of alkyl carbamates (subject to hydrolysis) is 1. The molecule has 1 spiro atoms. The van der Waals surface area contributed by atoms with Crippen LogP contribution in [0.2, 0.25) is 0 Å². The Balaban J connectivity index is 1.12. The van der Waals surface area contributed by atoms with Gasteiger partial charge in [-0.1, -0.05) is 74.5 Å². The molecular weight excluding hydrogens is 846 g/mol. The van der Waals surface area contributed by atoms with E-state index in [1.807, 2.05) is 74.5 Å². The van der Waals surface area contributed by atoms with E-state index in [4.69, 9.17) is 27.5 Å². The van der Waals surface area contributed by atoms with Crippen molar-refractivity contribution in [1.29, 1.82) is 0 Å². The second-order valence-electron chi connectivity index (χ2n) is 16.0. The number of hydrogen-bond donors (Lipinski definition) is 4. The van der Waals surface area contributed by atoms with Gasteiger partial charge in [-0.15, -0.1) is 0 Å². The number of carbonyl (C=O) groups is 2. The number of H-pyrrole nitrogens is 1. The Hall–Kier alpha value is -7.28. The van der Waals surface area contributed by atoms with Gasteiger partial charge in [0.1, 0.15) is 29.9 Å². The predicted octanol–water partition coefficient (Wildman–Crippen LogP) is 7.83. The number of amides is 2. The van der Waals surface area contributed by atoms with Crippen LogP contribution >= 0.6 is 0 Å². The minimum absolute atomic E-state index is 0.00488. The first-order chi connectivity index (χ1) is 30.2. The average Bonchev–Trinajstić information content (AvgIpc) is 4.08. The van der Waals surface area contributed by atoms with Gasteiger partial charge in [0.05, 0.1) is 11.7 Å². The fourth-order valence-corrected chi connectivity index (χ4v) is 9.51. The molecule has 4 aliphatic heterocycles. The Labute approximate surface area is 355 Å². The molecule has 15 nitrogen and oxygen atoms in total. The van der Waals surface area contributed by atoms with E-state index >= 15 is 0 Å². The quantitative estimate of drug-likeness (QED) is 0.0934. The smallest absolute Gasteiger partial charge is 0.469 e. The second kappa shape index (κ2) is 13.6. The number of hydrogen-bond acceptors (Lipinski definition) is 12. The lowest BCUT2D eigenvalue weighted by Crippen LogP contribution is -2.49. The molecule has 4 N–H and O–H groups in total. The Morgan fingerprint density at radius 3 is 2.60 bits per heavy atom. The van der Waals surface area contributed by atoms with Gasteiger partial charge in [-0.25, -0.2) is 14.8 Å². The summed E-state index contributed by atoms with van der Waals surface area (Å²) in [5, 5.41) is 9.69. The first-order valence-corrected chi connectivity index (χ1v) is 21.2. The number of halogens is 3. The number of carbonyl (C=O) groups excluding carboxylic acids is 2. The molecule has 320 valence electrons. The SMILES string of the molecule is CC(C)C1NC(=O)[C@@H](NC(=O)OCc2ccccc2)Cc2ccc3c(c2)C24c5cccc(c5NC2O3)-c2ccc(OS(=O)(=O)C(F)(F)F)c3[nH]cc(c23)-c2cnc(o2)-c2nc1oc24. The number of nitrogens with zero attached hydrogens (tertiary/aromatic N) is 2. The minimum atomic E-state index is -6.05. The van der Waals surface area contributed by atoms with Crippen molar-refractivity contribution in [3.05, 3.63) is 125 Å². The second-order valence-corrected chi connectivity index (χ2v) is 17.5. The van der Waals surface area contributed by atoms with E-state index in [9.17, 15) is 31.2 Å². The van der Waals surface area contributed by atoms with Crippen molar-refractivity contribution in [3.8, 4) is 45.5 Å². The molecule has 4 aromatic carbocycles. The summed E-state index contributed by atoms with van der Waals surface area (Å²) >= 11 is 0. The maximum atomic E-state index is 14.3. The van der Waals surface area contributed by atoms with Crippen molar-refractivity contribution in [3.63, 3.8) is 0 Å². The maximum Gasteiger partial charge on any atom is 0.534 e. The number of fused-ring (bicyclic) bond motifs is 7. The monoisotopic (exact) mass is 878 g/mol. The number of anilines is 1. The number of alkyl halides is 3. The molecule has 4 atom stereocenters. The highest BCUT2D eigenvalue weighted by Crippen LogP contribution is 2.61. The number of aromatic nitrogens is 3. The van der Waals surface area contributed by atoms with Crippen molar-refractivity contribution in [2.75, 3.05) is 5.32 Å². The lowest BCUT2D eigenvalue weighted by molar-refractivity contribution is -0.124. The van der Waals surface area contributed by atoms with E-state index in [0.717, 1.165) is 11.6 Å². The minimum Gasteiger partial charge on any atom is -0.469 e. The molecule has 0 radical (unpaired) electrons. The van der Waals surface area contributed by atoms with Crippen molar-refractivity contribution < 1.29 is 53.7 Å². The number of nitrogens with one attached hydrogen (secondary N) is 4. The van der Waals surface area contributed by atoms with E-state index in [-0.39, 0.29) is 53.1 Å². The van der Waals surface area contributed by atoms with Gasteiger partial charge in [0.2, 0.25) is 17.7 Å². The zero-order valence-electron chi connectivity index (χ0n) is 33.0. The van der Waals surface area contributed by atoms with Crippen molar-refractivity contribution in [2.24, 2.45) is 5.92 Å². The average molecular weight is 879 g/mol. The van der Waals surface area contributed by atoms with Crippen LogP contribution in [0.3, 0.4) is 0 Å². The highest BCUT2D eigenvalue weighted by Gasteiger charge is 2.62. The summed E-state index contributed by atoms with van der Waals surface area (Å²) in [7, 11) is -6.05. The summed E-state index contributed by atoms with van der Waals surface area (Å²) < 4.78 is 95.7. The predicted molar refractivity (Wildman–Crippen MR) is 218 cm³/mol. The van der Waals surface area contributed by atoms with Crippen molar-refractivity contribution in [2.45, 2.75) is 56.1 Å². The lowest BCUT2D eigenvalue weighted by Gasteiger charge is -2.28. The number of benzene rings is 4. The summed E-state index contributed by atoms with van der Waals surface area (Å²) in [6.45, 7) is 3.76. The molecule has 0 saturated heterocycles. The van der Waals surface area contributed by atoms with Crippen molar-refractivity contribution >= 4 is 38.7 Å². The van der Waals surface area contributed by atoms with E-state index in [1.54, 1.807) is 6.07 Å². The standard InChI is InChI=1S/C44H33F3N6O9S/c1-20(2)33-40-52-36-37(61-40)43-26-10-6-9-24(23-12-14-30(62-63(56,57)44(45,46)47)35-32(23)25(17-48-35)31-18-49-39(36)59-31)34(26)53-41(43)60-29-13-11-22(15-27(29)43)16-28(38(54)51-33)50-42(55)58-19-21-7-4-3-5-8-21/h3-15,17-18,20,28,33,41,48,53H,16,19H2,1-2H3,(H,50,55)(H,51,54)/t28-,33?,41?,43?/m0/s1. The Morgan fingerprint density at radius 1 is 0.984 bits per heavy atom. The number of ether oxygens (including phenoxy) is 2. The van der Waals surface area contributed by atoms with Gasteiger partial charge >= 0.3 is 21.7 Å². The van der Waals surface area contributed by atoms with Gasteiger partial charge < -0.3 is 43.4 Å². The Bertz CT molecular complexity index is 3160. The van der Waals surface area contributed by atoms with Gasteiger partial charge in [-0.3, -0.25) is 4.79 Å². The van der Waals surface area contributed by atoms with Crippen LogP contribution in [0.25, 0.3) is 44.9 Å². The van der Waals surface area contributed by atoms with E-state index in [0.29, 0.717) is 50.6 Å². The number of oxazole rings is 2. The summed E-state index contributed by atoms with van der Waals surface area (Å²) in [6, 6.07) is 20.9. The van der Waals surface area contributed by atoms with Crippen LogP contribution in [0.4, 0.5) is 23.7 Å². The molecule has 2 amide bonds. The molecule has 7 aromatic rings. The molecule has 11 rings (SSSR count). The topological polar surface area (TPSA) is 200 Å². The molecule has 3 unspecified atom stereocenters. The van der Waals surface area contributed by atoms with Crippen LogP contribution in [-0.4, -0.2) is 53.1 Å². The first-order valence-electron chi connectivity index (χ1n) is 19.8. The zero-order valence-corrected chi connectivity index (χ0v) is 33.8. The van der Waals surface area contributed by atoms with E-state index < -0.39 is 57.1 Å². The van der Waals surface area contributed by atoms with Gasteiger partial charge in [0.25, 0.3) is 0 Å². The molecule has 7 heterocycles. The van der Waals surface area contributed by atoms with Crippen LogP contribution in [-0.2, 0) is 38.1 Å². The summed E-state index contributed by atoms with van der Waals surface area (Å²) in [6.07, 6.45) is 1.26. The number of para-hydroxylation sites is 1. The number of rotatable bonds is 6. The van der Waals surface area contributed by atoms with Gasteiger partial charge in [0.15, 0.2) is 29.2 Å². The van der Waals surface area contributed by atoms with Crippen LogP contribution in [0, 0.1) is 5.92 Å². The van der Waals surface area contributed by atoms with Gasteiger partial charge in [-0.05, 0) is 40.8 Å².